The lowest BCUT2D eigenvalue weighted by atomic mass is 10.2. The highest BCUT2D eigenvalue weighted by atomic mass is 16.5. The lowest BCUT2D eigenvalue weighted by Gasteiger charge is -2.14. The zero-order valence-corrected chi connectivity index (χ0v) is 11.7. The Labute approximate surface area is 121 Å². The van der Waals surface area contributed by atoms with Crippen molar-refractivity contribution < 1.29 is 14.1 Å². The van der Waals surface area contributed by atoms with Gasteiger partial charge in [0.05, 0.1) is 0 Å². The van der Waals surface area contributed by atoms with Crippen molar-refractivity contribution in [2.45, 2.75) is 19.9 Å². The molecule has 0 spiro atoms. The zero-order valence-electron chi connectivity index (χ0n) is 11.7. The molecule has 0 aliphatic rings. The van der Waals surface area contributed by atoms with Crippen LogP contribution >= 0.6 is 0 Å². The number of nitrogens with one attached hydrogen (secondary N) is 2. The molecule has 7 nitrogen and oxygen atoms in total. The number of hydrogen-bond donors (Lipinski definition) is 3. The van der Waals surface area contributed by atoms with E-state index in [0.29, 0.717) is 22.8 Å². The third kappa shape index (κ3) is 3.82. The van der Waals surface area contributed by atoms with Crippen molar-refractivity contribution in [3.8, 4) is 0 Å². The fraction of sp³-hybridized carbons (Fsp3) is 0.214. The highest BCUT2D eigenvalue weighted by molar-refractivity contribution is 5.96. The maximum absolute atomic E-state index is 12.0. The topological polar surface area (TPSA) is 110 Å². The van der Waals surface area contributed by atoms with Crippen LogP contribution in [-0.2, 0) is 4.79 Å². The normalized spacial score (nSPS) is 11.7. The van der Waals surface area contributed by atoms with Crippen LogP contribution in [0.15, 0.2) is 34.9 Å². The first kappa shape index (κ1) is 14.6. The molecule has 0 radical (unpaired) electrons. The summed E-state index contributed by atoms with van der Waals surface area (Å²) in [5.41, 5.74) is 6.22. The number of rotatable bonds is 5. The predicted molar refractivity (Wildman–Crippen MR) is 77.9 cm³/mol. The van der Waals surface area contributed by atoms with Crippen LogP contribution in [0.3, 0.4) is 0 Å². The van der Waals surface area contributed by atoms with E-state index in [1.165, 1.54) is 0 Å². The number of primary amides is 1. The van der Waals surface area contributed by atoms with Crippen molar-refractivity contribution in [1.82, 2.24) is 5.16 Å². The molecule has 0 fully saturated rings. The summed E-state index contributed by atoms with van der Waals surface area (Å²) in [6.45, 7) is 3.43. The summed E-state index contributed by atoms with van der Waals surface area (Å²) in [7, 11) is 0. The molecule has 1 heterocycles. The van der Waals surface area contributed by atoms with Crippen LogP contribution < -0.4 is 16.4 Å². The summed E-state index contributed by atoms with van der Waals surface area (Å²) < 4.78 is 4.87. The Hall–Kier alpha value is -2.83. The first-order chi connectivity index (χ1) is 9.95. The number of nitrogens with two attached hydrogens (primary N) is 1. The van der Waals surface area contributed by atoms with Crippen LogP contribution in [0.4, 0.5) is 11.5 Å². The summed E-state index contributed by atoms with van der Waals surface area (Å²) >= 11 is 0. The van der Waals surface area contributed by atoms with E-state index in [9.17, 15) is 9.59 Å². The van der Waals surface area contributed by atoms with Gasteiger partial charge < -0.3 is 20.9 Å². The fourth-order valence-corrected chi connectivity index (χ4v) is 1.74. The summed E-state index contributed by atoms with van der Waals surface area (Å²) in [6.07, 6.45) is 0. The third-order valence-electron chi connectivity index (χ3n) is 2.80. The number of aromatic nitrogens is 1. The van der Waals surface area contributed by atoms with Gasteiger partial charge in [-0.15, -0.1) is 0 Å². The largest absolute Gasteiger partial charge is 0.374 e. The van der Waals surface area contributed by atoms with Gasteiger partial charge in [0.1, 0.15) is 11.8 Å². The second-order valence-corrected chi connectivity index (χ2v) is 4.62. The Balaban J connectivity index is 2.00. The maximum Gasteiger partial charge on any atom is 0.248 e. The molecule has 0 saturated heterocycles. The van der Waals surface area contributed by atoms with Gasteiger partial charge in [0.25, 0.3) is 0 Å². The molecule has 1 atom stereocenters. The minimum Gasteiger partial charge on any atom is -0.374 e. The van der Waals surface area contributed by atoms with Crippen molar-refractivity contribution in [3.63, 3.8) is 0 Å². The number of carbonyl (C=O) groups is 2. The van der Waals surface area contributed by atoms with E-state index in [1.54, 1.807) is 44.2 Å². The average molecular weight is 288 g/mol. The van der Waals surface area contributed by atoms with Crippen molar-refractivity contribution in [2.75, 3.05) is 10.6 Å². The first-order valence-electron chi connectivity index (χ1n) is 6.36. The van der Waals surface area contributed by atoms with Gasteiger partial charge in [0.2, 0.25) is 11.8 Å². The van der Waals surface area contributed by atoms with Crippen molar-refractivity contribution in [3.05, 3.63) is 41.7 Å². The molecular weight excluding hydrogens is 272 g/mol. The predicted octanol–water partition coefficient (Wildman–Crippen LogP) is 1.52. The van der Waals surface area contributed by atoms with Crippen LogP contribution in [0.1, 0.15) is 23.0 Å². The molecule has 0 aliphatic carbocycles. The van der Waals surface area contributed by atoms with Crippen molar-refractivity contribution in [2.24, 2.45) is 5.73 Å². The number of aryl methyl sites for hydroxylation is 1. The van der Waals surface area contributed by atoms with Gasteiger partial charge >= 0.3 is 0 Å². The number of anilines is 2. The van der Waals surface area contributed by atoms with Crippen LogP contribution in [0.25, 0.3) is 0 Å². The fourth-order valence-electron chi connectivity index (χ4n) is 1.74. The number of hydrogen-bond acceptors (Lipinski definition) is 5. The molecule has 2 aromatic rings. The van der Waals surface area contributed by atoms with E-state index in [0.717, 1.165) is 0 Å². The second-order valence-electron chi connectivity index (χ2n) is 4.62. The molecule has 2 amide bonds. The number of nitrogens with zero attached hydrogens (tertiary/aromatic N) is 1. The minimum atomic E-state index is -0.523. The lowest BCUT2D eigenvalue weighted by molar-refractivity contribution is -0.116. The van der Waals surface area contributed by atoms with Gasteiger partial charge in [0, 0.05) is 17.3 Å². The van der Waals surface area contributed by atoms with E-state index in [-0.39, 0.29) is 5.91 Å². The summed E-state index contributed by atoms with van der Waals surface area (Å²) in [5, 5.41) is 9.29. The Morgan fingerprint density at radius 3 is 2.71 bits per heavy atom. The lowest BCUT2D eigenvalue weighted by Crippen LogP contribution is -2.32. The quantitative estimate of drug-likeness (QED) is 0.772. The van der Waals surface area contributed by atoms with Gasteiger partial charge in [-0.1, -0.05) is 11.2 Å². The smallest absolute Gasteiger partial charge is 0.248 e. The van der Waals surface area contributed by atoms with Gasteiger partial charge in [-0.05, 0) is 32.0 Å². The monoisotopic (exact) mass is 288 g/mol. The second kappa shape index (κ2) is 6.08. The highest BCUT2D eigenvalue weighted by Gasteiger charge is 2.15. The van der Waals surface area contributed by atoms with Gasteiger partial charge in [-0.2, -0.15) is 0 Å². The third-order valence-corrected chi connectivity index (χ3v) is 2.80. The zero-order chi connectivity index (χ0) is 15.4. The van der Waals surface area contributed by atoms with Crippen LogP contribution in [0.2, 0.25) is 0 Å². The van der Waals surface area contributed by atoms with Gasteiger partial charge in [-0.25, -0.2) is 0 Å². The molecule has 0 bridgehead atoms. The summed E-state index contributed by atoms with van der Waals surface area (Å²) in [5.74, 6) is 0.179. The minimum absolute atomic E-state index is 0.271. The molecule has 7 heteroatoms. The molecular formula is C14H16N4O3. The SMILES string of the molecule is Cc1cc(NC(=O)C(C)Nc2cccc(C(N)=O)c2)no1. The molecule has 21 heavy (non-hydrogen) atoms. The number of amides is 2. The Morgan fingerprint density at radius 1 is 1.33 bits per heavy atom. The van der Waals surface area contributed by atoms with Gasteiger partial charge in [0.15, 0.2) is 5.82 Å². The molecule has 1 aromatic carbocycles. The molecule has 1 aromatic heterocycles. The Bertz CT molecular complexity index is 666. The van der Waals surface area contributed by atoms with Crippen molar-refractivity contribution >= 4 is 23.3 Å². The average Bonchev–Trinajstić information content (AvgIpc) is 2.84. The van der Waals surface area contributed by atoms with E-state index >= 15 is 0 Å². The van der Waals surface area contributed by atoms with Crippen LogP contribution in [0.5, 0.6) is 0 Å². The van der Waals surface area contributed by atoms with E-state index < -0.39 is 11.9 Å². The molecule has 0 saturated carbocycles. The van der Waals surface area contributed by atoms with E-state index in [2.05, 4.69) is 15.8 Å². The van der Waals surface area contributed by atoms with Gasteiger partial charge in [-0.3, -0.25) is 9.59 Å². The summed E-state index contributed by atoms with van der Waals surface area (Å²) in [6, 6.07) is 7.73. The molecule has 0 aliphatic heterocycles. The Morgan fingerprint density at radius 2 is 2.10 bits per heavy atom. The molecule has 1 unspecified atom stereocenters. The van der Waals surface area contributed by atoms with E-state index in [4.69, 9.17) is 10.3 Å². The highest BCUT2D eigenvalue weighted by Crippen LogP contribution is 2.13. The van der Waals surface area contributed by atoms with E-state index in [1.807, 2.05) is 0 Å². The maximum atomic E-state index is 12.0. The van der Waals surface area contributed by atoms with Crippen LogP contribution in [0, 0.1) is 6.92 Å². The van der Waals surface area contributed by atoms with Crippen molar-refractivity contribution in [1.29, 1.82) is 0 Å². The molecule has 2 rings (SSSR count). The number of carbonyl (C=O) groups excluding carboxylic acids is 2. The number of benzene rings is 1. The first-order valence-corrected chi connectivity index (χ1v) is 6.36. The summed E-state index contributed by atoms with van der Waals surface area (Å²) in [4.78, 5) is 23.1. The van der Waals surface area contributed by atoms with Crippen LogP contribution in [-0.4, -0.2) is 23.0 Å². The standard InChI is InChI=1S/C14H16N4O3/c1-8-6-12(18-21-8)17-14(20)9(2)16-11-5-3-4-10(7-11)13(15)19/h3-7,9,16H,1-2H3,(H2,15,19)(H,17,18,20). The Kier molecular flexibility index (Phi) is 4.22. The molecule has 110 valence electrons. The molecule has 4 N–H and O–H groups in total.